The van der Waals surface area contributed by atoms with Crippen molar-refractivity contribution >= 4 is 0 Å². The maximum atomic E-state index is 9.58. The summed E-state index contributed by atoms with van der Waals surface area (Å²) >= 11 is 0. The van der Waals surface area contributed by atoms with Crippen LogP contribution < -0.4 is 5.32 Å². The molecule has 82 valence electrons. The van der Waals surface area contributed by atoms with Gasteiger partial charge >= 0.3 is 0 Å². The minimum atomic E-state index is -0.167. The standard InChI is InChI=1S/C10H19NO3/c12-10-3-1-2-9(10)11-6-8-7-13-4-5-14-8/h8-12H,1-7H2/t8?,9-,10-/m1/s1. The van der Waals surface area contributed by atoms with E-state index in [1.807, 2.05) is 0 Å². The maximum absolute atomic E-state index is 9.58. The van der Waals surface area contributed by atoms with Crippen molar-refractivity contribution in [3.63, 3.8) is 0 Å². The summed E-state index contributed by atoms with van der Waals surface area (Å²) in [7, 11) is 0. The molecule has 1 heterocycles. The largest absolute Gasteiger partial charge is 0.392 e. The molecule has 1 aliphatic carbocycles. The lowest BCUT2D eigenvalue weighted by Gasteiger charge is -2.25. The summed E-state index contributed by atoms with van der Waals surface area (Å²) in [4.78, 5) is 0. The Hall–Kier alpha value is -0.160. The van der Waals surface area contributed by atoms with E-state index >= 15 is 0 Å². The molecule has 2 N–H and O–H groups in total. The predicted molar refractivity (Wildman–Crippen MR) is 52.2 cm³/mol. The Kier molecular flexibility index (Phi) is 3.75. The molecule has 0 bridgehead atoms. The molecular formula is C10H19NO3. The molecule has 1 aliphatic heterocycles. The summed E-state index contributed by atoms with van der Waals surface area (Å²) in [6.07, 6.45) is 3.13. The minimum Gasteiger partial charge on any atom is -0.392 e. The third-order valence-corrected chi connectivity index (χ3v) is 2.97. The normalized spacial score (nSPS) is 38.8. The molecule has 1 saturated carbocycles. The van der Waals surface area contributed by atoms with Crippen LogP contribution in [0.25, 0.3) is 0 Å². The zero-order chi connectivity index (χ0) is 9.80. The quantitative estimate of drug-likeness (QED) is 0.670. The van der Waals surface area contributed by atoms with E-state index in [0.29, 0.717) is 19.8 Å². The molecule has 4 nitrogen and oxygen atoms in total. The maximum Gasteiger partial charge on any atom is 0.0933 e. The Balaban J connectivity index is 1.65. The predicted octanol–water partition coefficient (Wildman–Crippen LogP) is -0.0952. The van der Waals surface area contributed by atoms with Crippen LogP contribution in [0.15, 0.2) is 0 Å². The lowest BCUT2D eigenvalue weighted by molar-refractivity contribution is -0.0877. The van der Waals surface area contributed by atoms with E-state index in [2.05, 4.69) is 5.32 Å². The average molecular weight is 201 g/mol. The van der Waals surface area contributed by atoms with E-state index in [1.165, 1.54) is 0 Å². The summed E-state index contributed by atoms with van der Waals surface area (Å²) in [5.74, 6) is 0. The van der Waals surface area contributed by atoms with Gasteiger partial charge in [0.25, 0.3) is 0 Å². The Labute approximate surface area is 84.6 Å². The molecule has 2 rings (SSSR count). The van der Waals surface area contributed by atoms with Crippen molar-refractivity contribution in [2.45, 2.75) is 37.5 Å². The second-order valence-corrected chi connectivity index (χ2v) is 4.08. The molecule has 0 spiro atoms. The zero-order valence-electron chi connectivity index (χ0n) is 8.45. The van der Waals surface area contributed by atoms with Gasteiger partial charge in [0.05, 0.1) is 32.0 Å². The van der Waals surface area contributed by atoms with Crippen molar-refractivity contribution in [3.8, 4) is 0 Å². The molecule has 1 saturated heterocycles. The number of hydrogen-bond donors (Lipinski definition) is 2. The van der Waals surface area contributed by atoms with Gasteiger partial charge in [0.15, 0.2) is 0 Å². The van der Waals surface area contributed by atoms with Crippen LogP contribution in [0.4, 0.5) is 0 Å². The van der Waals surface area contributed by atoms with E-state index in [4.69, 9.17) is 9.47 Å². The number of ether oxygens (including phenoxy) is 2. The third-order valence-electron chi connectivity index (χ3n) is 2.97. The van der Waals surface area contributed by atoms with Gasteiger partial charge in [-0.05, 0) is 19.3 Å². The van der Waals surface area contributed by atoms with E-state index in [0.717, 1.165) is 25.8 Å². The van der Waals surface area contributed by atoms with Crippen molar-refractivity contribution in [1.82, 2.24) is 5.32 Å². The van der Waals surface area contributed by atoms with Crippen LogP contribution in [0, 0.1) is 0 Å². The topological polar surface area (TPSA) is 50.7 Å². The van der Waals surface area contributed by atoms with Crippen LogP contribution in [-0.4, -0.2) is 49.7 Å². The van der Waals surface area contributed by atoms with Crippen LogP contribution in [0.3, 0.4) is 0 Å². The zero-order valence-corrected chi connectivity index (χ0v) is 8.45. The van der Waals surface area contributed by atoms with Gasteiger partial charge in [-0.15, -0.1) is 0 Å². The molecule has 1 unspecified atom stereocenters. The number of aliphatic hydroxyl groups excluding tert-OH is 1. The lowest BCUT2D eigenvalue weighted by Crippen LogP contribution is -2.44. The molecule has 14 heavy (non-hydrogen) atoms. The van der Waals surface area contributed by atoms with Gasteiger partial charge in [-0.25, -0.2) is 0 Å². The molecule has 0 aromatic carbocycles. The number of nitrogens with one attached hydrogen (secondary N) is 1. The first-order chi connectivity index (χ1) is 6.86. The van der Waals surface area contributed by atoms with Crippen molar-refractivity contribution in [2.75, 3.05) is 26.4 Å². The van der Waals surface area contributed by atoms with Crippen molar-refractivity contribution in [1.29, 1.82) is 0 Å². The van der Waals surface area contributed by atoms with Gasteiger partial charge < -0.3 is 19.9 Å². The van der Waals surface area contributed by atoms with Crippen LogP contribution in [0.1, 0.15) is 19.3 Å². The fourth-order valence-corrected chi connectivity index (χ4v) is 2.12. The van der Waals surface area contributed by atoms with Crippen molar-refractivity contribution in [3.05, 3.63) is 0 Å². The highest BCUT2D eigenvalue weighted by Gasteiger charge is 2.25. The van der Waals surface area contributed by atoms with Crippen molar-refractivity contribution < 1.29 is 14.6 Å². The van der Waals surface area contributed by atoms with E-state index in [-0.39, 0.29) is 18.2 Å². The fraction of sp³-hybridized carbons (Fsp3) is 1.00. The molecule has 2 aliphatic rings. The molecule has 3 atom stereocenters. The second kappa shape index (κ2) is 5.07. The molecule has 0 aromatic rings. The van der Waals surface area contributed by atoms with E-state index in [9.17, 15) is 5.11 Å². The summed E-state index contributed by atoms with van der Waals surface area (Å²) in [6, 6.07) is 0.264. The van der Waals surface area contributed by atoms with Crippen LogP contribution >= 0.6 is 0 Å². The van der Waals surface area contributed by atoms with Gasteiger partial charge in [0, 0.05) is 12.6 Å². The van der Waals surface area contributed by atoms with Crippen LogP contribution in [0.2, 0.25) is 0 Å². The summed E-state index contributed by atoms with van der Waals surface area (Å²) in [6.45, 7) is 2.87. The molecule has 0 aromatic heterocycles. The van der Waals surface area contributed by atoms with E-state index in [1.54, 1.807) is 0 Å². The highest BCUT2D eigenvalue weighted by molar-refractivity contribution is 4.83. The molecule has 2 fully saturated rings. The van der Waals surface area contributed by atoms with Crippen LogP contribution in [0.5, 0.6) is 0 Å². The number of rotatable bonds is 3. The Bertz CT molecular complexity index is 171. The first-order valence-electron chi connectivity index (χ1n) is 5.47. The minimum absolute atomic E-state index is 0.163. The van der Waals surface area contributed by atoms with E-state index < -0.39 is 0 Å². The highest BCUT2D eigenvalue weighted by atomic mass is 16.6. The third kappa shape index (κ3) is 2.67. The Morgan fingerprint density at radius 3 is 2.86 bits per heavy atom. The van der Waals surface area contributed by atoms with Gasteiger partial charge in [0.1, 0.15) is 0 Å². The van der Waals surface area contributed by atoms with Gasteiger partial charge in [0.2, 0.25) is 0 Å². The van der Waals surface area contributed by atoms with Gasteiger partial charge in [-0.1, -0.05) is 0 Å². The number of hydrogen-bond acceptors (Lipinski definition) is 4. The molecular weight excluding hydrogens is 182 g/mol. The van der Waals surface area contributed by atoms with Gasteiger partial charge in [-0.3, -0.25) is 0 Å². The fourth-order valence-electron chi connectivity index (χ4n) is 2.12. The first kappa shape index (κ1) is 10.4. The molecule has 0 amide bonds. The van der Waals surface area contributed by atoms with Gasteiger partial charge in [-0.2, -0.15) is 0 Å². The summed E-state index contributed by atoms with van der Waals surface area (Å²) in [5, 5.41) is 12.9. The second-order valence-electron chi connectivity index (χ2n) is 4.08. The summed E-state index contributed by atoms with van der Waals surface area (Å²) in [5.41, 5.74) is 0. The SMILES string of the molecule is O[C@@H]1CCC[C@H]1NCC1COCCO1. The molecule has 4 heteroatoms. The Morgan fingerprint density at radius 2 is 2.21 bits per heavy atom. The molecule has 0 radical (unpaired) electrons. The van der Waals surface area contributed by atoms with Crippen molar-refractivity contribution in [2.24, 2.45) is 0 Å². The smallest absolute Gasteiger partial charge is 0.0933 e. The lowest BCUT2D eigenvalue weighted by atomic mass is 10.2. The highest BCUT2D eigenvalue weighted by Crippen LogP contribution is 2.18. The first-order valence-corrected chi connectivity index (χ1v) is 5.47. The summed E-state index contributed by atoms with van der Waals surface area (Å²) < 4.78 is 10.8. The Morgan fingerprint density at radius 1 is 1.29 bits per heavy atom. The average Bonchev–Trinajstić information content (AvgIpc) is 2.63. The monoisotopic (exact) mass is 201 g/mol. The number of aliphatic hydroxyl groups is 1. The van der Waals surface area contributed by atoms with Crippen LogP contribution in [-0.2, 0) is 9.47 Å².